The van der Waals surface area contributed by atoms with E-state index in [4.69, 9.17) is 0 Å². The lowest BCUT2D eigenvalue weighted by Gasteiger charge is -2.22. The van der Waals surface area contributed by atoms with Crippen LogP contribution in [0.5, 0.6) is 0 Å². The number of carbonyl (C=O) groups excluding carboxylic acids is 1. The van der Waals surface area contributed by atoms with Gasteiger partial charge in [0.25, 0.3) is 0 Å². The number of hydrogen-bond acceptors (Lipinski definition) is 2. The summed E-state index contributed by atoms with van der Waals surface area (Å²) < 4.78 is 0. The fourth-order valence-corrected chi connectivity index (χ4v) is 2.25. The molecular formula is C14H25N3O. The fraction of sp³-hybridized carbons (Fsp3) is 0.714. The van der Waals surface area contributed by atoms with E-state index in [2.05, 4.69) is 43.2 Å². The summed E-state index contributed by atoms with van der Waals surface area (Å²) in [5.74, 6) is 0.530. The van der Waals surface area contributed by atoms with E-state index >= 15 is 0 Å². The number of nitrogens with one attached hydrogen (secondary N) is 2. The summed E-state index contributed by atoms with van der Waals surface area (Å²) in [6, 6.07) is 0. The first-order valence-corrected chi connectivity index (χ1v) is 6.53. The highest BCUT2D eigenvalue weighted by Gasteiger charge is 2.17. The van der Waals surface area contributed by atoms with Gasteiger partial charge in [-0.25, -0.2) is 0 Å². The maximum Gasteiger partial charge on any atom is 0.220 e. The van der Waals surface area contributed by atoms with E-state index in [0.717, 1.165) is 17.7 Å². The van der Waals surface area contributed by atoms with E-state index in [1.165, 1.54) is 0 Å². The first-order chi connectivity index (χ1) is 8.28. The second-order valence-electron chi connectivity index (χ2n) is 6.37. The summed E-state index contributed by atoms with van der Waals surface area (Å²) in [6.45, 7) is 11.3. The van der Waals surface area contributed by atoms with E-state index in [9.17, 15) is 4.79 Å². The van der Waals surface area contributed by atoms with Gasteiger partial charge in [-0.1, -0.05) is 27.7 Å². The number of carbonyl (C=O) groups is 1. The molecule has 1 heterocycles. The minimum atomic E-state index is 0.118. The molecule has 0 spiro atoms. The molecule has 1 aromatic rings. The minimum absolute atomic E-state index is 0.118. The number of rotatable bonds is 5. The van der Waals surface area contributed by atoms with Gasteiger partial charge in [-0.05, 0) is 24.7 Å². The lowest BCUT2D eigenvalue weighted by Crippen LogP contribution is -2.25. The normalized spacial score (nSPS) is 13.4. The van der Waals surface area contributed by atoms with Crippen LogP contribution in [0.15, 0.2) is 6.20 Å². The van der Waals surface area contributed by atoms with Crippen molar-refractivity contribution in [3.63, 3.8) is 0 Å². The molecular weight excluding hydrogens is 226 g/mol. The molecule has 0 saturated carbocycles. The van der Waals surface area contributed by atoms with Crippen LogP contribution in [0.25, 0.3) is 0 Å². The molecule has 0 fully saturated rings. The quantitative estimate of drug-likeness (QED) is 0.845. The number of aromatic amines is 1. The van der Waals surface area contributed by atoms with Gasteiger partial charge >= 0.3 is 0 Å². The summed E-state index contributed by atoms with van der Waals surface area (Å²) in [6.07, 6.45) is 3.41. The highest BCUT2D eigenvalue weighted by Crippen LogP contribution is 2.25. The van der Waals surface area contributed by atoms with Crippen molar-refractivity contribution in [3.8, 4) is 0 Å². The summed E-state index contributed by atoms with van der Waals surface area (Å²) >= 11 is 0. The van der Waals surface area contributed by atoms with Crippen molar-refractivity contribution in [2.75, 3.05) is 0 Å². The molecule has 1 amide bonds. The summed E-state index contributed by atoms with van der Waals surface area (Å²) in [4.78, 5) is 11.8. The highest BCUT2D eigenvalue weighted by molar-refractivity contribution is 5.76. The first-order valence-electron chi connectivity index (χ1n) is 6.53. The molecule has 1 aromatic heterocycles. The van der Waals surface area contributed by atoms with Crippen LogP contribution in [0.1, 0.15) is 51.8 Å². The van der Waals surface area contributed by atoms with Crippen LogP contribution in [0.3, 0.4) is 0 Å². The number of amides is 1. The van der Waals surface area contributed by atoms with Crippen molar-refractivity contribution in [1.29, 1.82) is 0 Å². The largest absolute Gasteiger partial charge is 0.352 e. The van der Waals surface area contributed by atoms with Crippen LogP contribution in [-0.2, 0) is 11.3 Å². The molecule has 1 rings (SSSR count). The van der Waals surface area contributed by atoms with E-state index in [1.54, 1.807) is 6.20 Å². The summed E-state index contributed by atoms with van der Waals surface area (Å²) in [5.41, 5.74) is 2.34. The van der Waals surface area contributed by atoms with E-state index in [0.29, 0.717) is 18.9 Å². The standard InChI is InChI=1S/C14H25N3O/c1-10(7-14(3,4)5)6-13(18)15-8-12-9-16-17-11(12)2/h9-10H,6-8H2,1-5H3,(H,15,18)(H,16,17). The van der Waals surface area contributed by atoms with Crippen molar-refractivity contribution in [2.24, 2.45) is 11.3 Å². The molecule has 0 aliphatic rings. The van der Waals surface area contributed by atoms with Crippen LogP contribution in [0.4, 0.5) is 0 Å². The van der Waals surface area contributed by atoms with Gasteiger partial charge in [-0.15, -0.1) is 0 Å². The van der Waals surface area contributed by atoms with Crippen molar-refractivity contribution >= 4 is 5.91 Å². The van der Waals surface area contributed by atoms with Crippen molar-refractivity contribution in [2.45, 2.75) is 54.0 Å². The minimum Gasteiger partial charge on any atom is -0.352 e. The van der Waals surface area contributed by atoms with Gasteiger partial charge in [-0.3, -0.25) is 9.89 Å². The summed E-state index contributed by atoms with van der Waals surface area (Å²) in [7, 11) is 0. The molecule has 0 bridgehead atoms. The molecule has 4 nitrogen and oxygen atoms in total. The molecule has 0 saturated heterocycles. The van der Waals surface area contributed by atoms with Crippen LogP contribution >= 0.6 is 0 Å². The maximum absolute atomic E-state index is 11.8. The average Bonchev–Trinajstić information content (AvgIpc) is 2.57. The Morgan fingerprint density at radius 1 is 1.50 bits per heavy atom. The Balaban J connectivity index is 2.32. The smallest absolute Gasteiger partial charge is 0.220 e. The molecule has 2 N–H and O–H groups in total. The third kappa shape index (κ3) is 5.34. The molecule has 4 heteroatoms. The molecule has 0 aromatic carbocycles. The number of aromatic nitrogens is 2. The zero-order chi connectivity index (χ0) is 13.8. The van der Waals surface area contributed by atoms with Gasteiger partial charge < -0.3 is 5.32 Å². The molecule has 18 heavy (non-hydrogen) atoms. The Morgan fingerprint density at radius 3 is 2.67 bits per heavy atom. The Morgan fingerprint density at radius 2 is 2.17 bits per heavy atom. The molecule has 1 atom stereocenters. The second-order valence-corrected chi connectivity index (χ2v) is 6.37. The molecule has 102 valence electrons. The second kappa shape index (κ2) is 6.03. The van der Waals surface area contributed by atoms with Crippen LogP contribution in [0.2, 0.25) is 0 Å². The maximum atomic E-state index is 11.8. The van der Waals surface area contributed by atoms with Gasteiger partial charge in [0.1, 0.15) is 0 Å². The zero-order valence-corrected chi connectivity index (χ0v) is 12.1. The lowest BCUT2D eigenvalue weighted by molar-refractivity contribution is -0.122. The van der Waals surface area contributed by atoms with Crippen LogP contribution in [0, 0.1) is 18.3 Å². The van der Waals surface area contributed by atoms with Crippen molar-refractivity contribution in [1.82, 2.24) is 15.5 Å². The molecule has 0 aliphatic carbocycles. The van der Waals surface area contributed by atoms with Gasteiger partial charge in [0.2, 0.25) is 5.91 Å². The van der Waals surface area contributed by atoms with Gasteiger partial charge in [0.05, 0.1) is 6.20 Å². The predicted molar refractivity (Wildman–Crippen MR) is 73.0 cm³/mol. The van der Waals surface area contributed by atoms with Gasteiger partial charge in [-0.2, -0.15) is 5.10 Å². The van der Waals surface area contributed by atoms with Crippen molar-refractivity contribution < 1.29 is 4.79 Å². The van der Waals surface area contributed by atoms with Crippen LogP contribution in [-0.4, -0.2) is 16.1 Å². The van der Waals surface area contributed by atoms with Crippen LogP contribution < -0.4 is 5.32 Å². The Hall–Kier alpha value is -1.32. The lowest BCUT2D eigenvalue weighted by atomic mass is 9.84. The Bertz CT molecular complexity index is 390. The average molecular weight is 251 g/mol. The van der Waals surface area contributed by atoms with Gasteiger partial charge in [0, 0.05) is 24.2 Å². The number of aryl methyl sites for hydroxylation is 1. The summed E-state index contributed by atoms with van der Waals surface area (Å²) in [5, 5.41) is 9.74. The third-order valence-corrected chi connectivity index (χ3v) is 2.91. The SMILES string of the molecule is Cc1[nH]ncc1CNC(=O)CC(C)CC(C)(C)C. The fourth-order valence-electron chi connectivity index (χ4n) is 2.25. The first kappa shape index (κ1) is 14.7. The predicted octanol–water partition coefficient (Wildman–Crippen LogP) is 2.80. The van der Waals surface area contributed by atoms with Gasteiger partial charge in [0.15, 0.2) is 0 Å². The molecule has 0 radical (unpaired) electrons. The number of hydrogen-bond donors (Lipinski definition) is 2. The van der Waals surface area contributed by atoms with E-state index in [1.807, 2.05) is 6.92 Å². The number of nitrogens with zero attached hydrogens (tertiary/aromatic N) is 1. The monoisotopic (exact) mass is 251 g/mol. The Kier molecular flexibility index (Phi) is 4.93. The Labute approximate surface area is 110 Å². The third-order valence-electron chi connectivity index (χ3n) is 2.91. The highest BCUT2D eigenvalue weighted by atomic mass is 16.1. The zero-order valence-electron chi connectivity index (χ0n) is 12.1. The topological polar surface area (TPSA) is 57.8 Å². The van der Waals surface area contributed by atoms with Crippen molar-refractivity contribution in [3.05, 3.63) is 17.5 Å². The number of H-pyrrole nitrogens is 1. The molecule has 1 unspecified atom stereocenters. The van der Waals surface area contributed by atoms with E-state index < -0.39 is 0 Å². The van der Waals surface area contributed by atoms with E-state index in [-0.39, 0.29) is 11.3 Å². The molecule has 0 aliphatic heterocycles.